The van der Waals surface area contributed by atoms with Crippen LogP contribution in [-0.4, -0.2) is 24.0 Å². The van der Waals surface area contributed by atoms with Crippen LogP contribution in [-0.2, 0) is 14.3 Å². The number of carbonyl (C=O) groups excluding carboxylic acids is 2. The maximum Gasteiger partial charge on any atom is 0.308 e. The second kappa shape index (κ2) is 8.28. The Hall–Kier alpha value is -1.06. The summed E-state index contributed by atoms with van der Waals surface area (Å²) in [6, 6.07) is -0.151. The third-order valence-electron chi connectivity index (χ3n) is 3.72. The lowest BCUT2D eigenvalue weighted by Crippen LogP contribution is -2.38. The number of nitrogens with one attached hydrogen (secondary N) is 1. The summed E-state index contributed by atoms with van der Waals surface area (Å²) in [5, 5.41) is 2.93. The van der Waals surface area contributed by atoms with Gasteiger partial charge in [-0.25, -0.2) is 0 Å². The molecule has 1 saturated carbocycles. The SMILES string of the molecule is CC(C)C[C@@H](C)OC(=O)C[C@H](C)NC(=O)C1CCCC1. The Labute approximate surface area is 122 Å². The third-order valence-corrected chi connectivity index (χ3v) is 3.72. The highest BCUT2D eigenvalue weighted by Crippen LogP contribution is 2.24. The van der Waals surface area contributed by atoms with Gasteiger partial charge in [0, 0.05) is 12.0 Å². The number of hydrogen-bond acceptors (Lipinski definition) is 3. The van der Waals surface area contributed by atoms with E-state index in [0.717, 1.165) is 32.1 Å². The largest absolute Gasteiger partial charge is 0.463 e. The Kier molecular flexibility index (Phi) is 7.03. The summed E-state index contributed by atoms with van der Waals surface area (Å²) in [4.78, 5) is 23.7. The third kappa shape index (κ3) is 6.40. The lowest BCUT2D eigenvalue weighted by atomic mass is 10.1. The fourth-order valence-electron chi connectivity index (χ4n) is 2.83. The molecule has 0 bridgehead atoms. The molecule has 0 unspecified atom stereocenters. The van der Waals surface area contributed by atoms with E-state index in [4.69, 9.17) is 4.74 Å². The van der Waals surface area contributed by atoms with Crippen LogP contribution >= 0.6 is 0 Å². The molecule has 1 rings (SSSR count). The molecule has 0 spiro atoms. The monoisotopic (exact) mass is 283 g/mol. The van der Waals surface area contributed by atoms with Gasteiger partial charge in [-0.15, -0.1) is 0 Å². The molecule has 0 aromatic rings. The van der Waals surface area contributed by atoms with E-state index < -0.39 is 0 Å². The van der Waals surface area contributed by atoms with Gasteiger partial charge in [0.1, 0.15) is 0 Å². The maximum absolute atomic E-state index is 11.9. The topological polar surface area (TPSA) is 55.4 Å². The average Bonchev–Trinajstić information content (AvgIpc) is 2.79. The summed E-state index contributed by atoms with van der Waals surface area (Å²) in [5.74, 6) is 0.529. The van der Waals surface area contributed by atoms with Gasteiger partial charge in [0.25, 0.3) is 0 Å². The fourth-order valence-corrected chi connectivity index (χ4v) is 2.83. The first-order valence-electron chi connectivity index (χ1n) is 7.88. The molecule has 2 atom stereocenters. The molecule has 1 amide bonds. The number of rotatable bonds is 7. The second-order valence-electron chi connectivity index (χ2n) is 6.53. The Balaban J connectivity index is 2.25. The maximum atomic E-state index is 11.9. The van der Waals surface area contributed by atoms with E-state index in [-0.39, 0.29) is 36.4 Å². The van der Waals surface area contributed by atoms with Crippen molar-refractivity contribution in [2.75, 3.05) is 0 Å². The van der Waals surface area contributed by atoms with Crippen molar-refractivity contribution in [3.63, 3.8) is 0 Å². The molecule has 0 radical (unpaired) electrons. The van der Waals surface area contributed by atoms with Crippen LogP contribution in [0.5, 0.6) is 0 Å². The minimum Gasteiger partial charge on any atom is -0.463 e. The smallest absolute Gasteiger partial charge is 0.308 e. The van der Waals surface area contributed by atoms with Crippen molar-refractivity contribution >= 4 is 11.9 Å². The van der Waals surface area contributed by atoms with Crippen LogP contribution in [0.25, 0.3) is 0 Å². The molecule has 116 valence electrons. The molecular weight excluding hydrogens is 254 g/mol. The molecule has 1 aliphatic carbocycles. The van der Waals surface area contributed by atoms with Crippen LogP contribution in [0.3, 0.4) is 0 Å². The molecule has 1 N–H and O–H groups in total. The van der Waals surface area contributed by atoms with Crippen LogP contribution < -0.4 is 5.32 Å². The normalized spacial score (nSPS) is 18.9. The summed E-state index contributed by atoms with van der Waals surface area (Å²) in [7, 11) is 0. The van der Waals surface area contributed by atoms with Gasteiger partial charge >= 0.3 is 5.97 Å². The van der Waals surface area contributed by atoms with Gasteiger partial charge in [-0.3, -0.25) is 9.59 Å². The fraction of sp³-hybridized carbons (Fsp3) is 0.875. The number of amides is 1. The zero-order valence-corrected chi connectivity index (χ0v) is 13.3. The van der Waals surface area contributed by atoms with Crippen molar-refractivity contribution < 1.29 is 14.3 Å². The Morgan fingerprint density at radius 3 is 2.30 bits per heavy atom. The summed E-state index contributed by atoms with van der Waals surface area (Å²) in [6.07, 6.45) is 5.31. The van der Waals surface area contributed by atoms with Gasteiger partial charge in [0.15, 0.2) is 0 Å². The van der Waals surface area contributed by atoms with E-state index in [1.807, 2.05) is 13.8 Å². The summed E-state index contributed by atoms with van der Waals surface area (Å²) < 4.78 is 5.35. The first kappa shape index (κ1) is 17.0. The highest BCUT2D eigenvalue weighted by Gasteiger charge is 2.24. The van der Waals surface area contributed by atoms with Crippen LogP contribution in [0.1, 0.15) is 66.2 Å². The van der Waals surface area contributed by atoms with Gasteiger partial charge in [0.05, 0.1) is 12.5 Å². The van der Waals surface area contributed by atoms with Gasteiger partial charge in [-0.1, -0.05) is 26.7 Å². The number of hydrogen-bond donors (Lipinski definition) is 1. The molecule has 0 aliphatic heterocycles. The van der Waals surface area contributed by atoms with Crippen LogP contribution in [0.2, 0.25) is 0 Å². The summed E-state index contributed by atoms with van der Waals surface area (Å²) in [6.45, 7) is 7.99. The van der Waals surface area contributed by atoms with Crippen molar-refractivity contribution in [3.8, 4) is 0 Å². The van der Waals surface area contributed by atoms with Crippen molar-refractivity contribution in [2.24, 2.45) is 11.8 Å². The molecule has 4 nitrogen and oxygen atoms in total. The molecule has 1 fully saturated rings. The zero-order chi connectivity index (χ0) is 15.1. The van der Waals surface area contributed by atoms with Gasteiger partial charge in [-0.05, 0) is 39.0 Å². The van der Waals surface area contributed by atoms with E-state index in [1.165, 1.54) is 0 Å². The number of esters is 1. The average molecular weight is 283 g/mol. The number of carbonyl (C=O) groups is 2. The first-order valence-corrected chi connectivity index (χ1v) is 7.88. The second-order valence-corrected chi connectivity index (χ2v) is 6.53. The van der Waals surface area contributed by atoms with Crippen molar-refractivity contribution in [1.82, 2.24) is 5.32 Å². The van der Waals surface area contributed by atoms with Crippen LogP contribution in [0.15, 0.2) is 0 Å². The Morgan fingerprint density at radius 1 is 1.15 bits per heavy atom. The molecular formula is C16H29NO3. The molecule has 0 saturated heterocycles. The predicted molar refractivity (Wildman–Crippen MR) is 79.2 cm³/mol. The minimum atomic E-state index is -0.225. The van der Waals surface area contributed by atoms with Crippen molar-refractivity contribution in [2.45, 2.75) is 78.4 Å². The first-order chi connectivity index (χ1) is 9.38. The minimum absolute atomic E-state index is 0.0553. The lowest BCUT2D eigenvalue weighted by molar-refractivity contribution is -0.149. The Bertz CT molecular complexity index is 322. The standard InChI is InChI=1S/C16H29NO3/c1-11(2)9-13(4)20-15(18)10-12(3)17-16(19)14-7-5-6-8-14/h11-14H,5-10H2,1-4H3,(H,17,19)/t12-,13+/m0/s1. The number of ether oxygens (including phenoxy) is 1. The van der Waals surface area contributed by atoms with E-state index in [9.17, 15) is 9.59 Å². The van der Waals surface area contributed by atoms with E-state index in [2.05, 4.69) is 19.2 Å². The van der Waals surface area contributed by atoms with E-state index >= 15 is 0 Å². The zero-order valence-electron chi connectivity index (χ0n) is 13.3. The molecule has 4 heteroatoms. The van der Waals surface area contributed by atoms with Crippen molar-refractivity contribution in [1.29, 1.82) is 0 Å². The van der Waals surface area contributed by atoms with Gasteiger partial charge in [-0.2, -0.15) is 0 Å². The summed E-state index contributed by atoms with van der Waals surface area (Å²) in [5.41, 5.74) is 0. The quantitative estimate of drug-likeness (QED) is 0.731. The van der Waals surface area contributed by atoms with Crippen LogP contribution in [0, 0.1) is 11.8 Å². The lowest BCUT2D eigenvalue weighted by Gasteiger charge is -2.19. The summed E-state index contributed by atoms with van der Waals surface area (Å²) >= 11 is 0. The van der Waals surface area contributed by atoms with Crippen molar-refractivity contribution in [3.05, 3.63) is 0 Å². The van der Waals surface area contributed by atoms with Crippen LogP contribution in [0.4, 0.5) is 0 Å². The Morgan fingerprint density at radius 2 is 1.75 bits per heavy atom. The van der Waals surface area contributed by atoms with Gasteiger partial charge in [0.2, 0.25) is 5.91 Å². The van der Waals surface area contributed by atoms with Gasteiger partial charge < -0.3 is 10.1 Å². The highest BCUT2D eigenvalue weighted by atomic mass is 16.5. The molecule has 0 aromatic carbocycles. The molecule has 1 aliphatic rings. The molecule has 0 heterocycles. The molecule has 20 heavy (non-hydrogen) atoms. The predicted octanol–water partition coefficient (Wildman–Crippen LogP) is 3.05. The molecule has 0 aromatic heterocycles. The van der Waals surface area contributed by atoms with E-state index in [1.54, 1.807) is 0 Å². The highest BCUT2D eigenvalue weighted by molar-refractivity contribution is 5.80. The van der Waals surface area contributed by atoms with E-state index in [0.29, 0.717) is 5.92 Å².